The fourth-order valence-electron chi connectivity index (χ4n) is 3.57. The van der Waals surface area contributed by atoms with Crippen molar-refractivity contribution in [3.05, 3.63) is 64.3 Å². The number of fused-ring (bicyclic) bond motifs is 1. The van der Waals surface area contributed by atoms with Crippen molar-refractivity contribution in [1.82, 2.24) is 9.88 Å². The van der Waals surface area contributed by atoms with E-state index in [1.807, 2.05) is 0 Å². The van der Waals surface area contributed by atoms with Crippen molar-refractivity contribution in [3.8, 4) is 5.75 Å². The van der Waals surface area contributed by atoms with Crippen molar-refractivity contribution in [2.45, 2.75) is 32.4 Å². The Bertz CT molecular complexity index is 1180. The number of halogens is 1. The van der Waals surface area contributed by atoms with E-state index in [1.165, 1.54) is 18.6 Å². The molecule has 1 unspecified atom stereocenters. The predicted molar refractivity (Wildman–Crippen MR) is 119 cm³/mol. The Morgan fingerprint density at radius 2 is 1.81 bits per heavy atom. The van der Waals surface area contributed by atoms with E-state index in [-0.39, 0.29) is 12.3 Å². The van der Waals surface area contributed by atoms with E-state index < -0.39 is 24.0 Å². The molecule has 0 aliphatic heterocycles. The van der Waals surface area contributed by atoms with Crippen molar-refractivity contribution in [1.29, 1.82) is 0 Å². The van der Waals surface area contributed by atoms with Crippen LogP contribution >= 0.6 is 11.6 Å². The maximum atomic E-state index is 13.3. The molecule has 0 saturated carbocycles. The van der Waals surface area contributed by atoms with Gasteiger partial charge in [-0.2, -0.15) is 0 Å². The second-order valence-corrected chi connectivity index (χ2v) is 7.83. The van der Waals surface area contributed by atoms with Crippen molar-refractivity contribution < 1.29 is 29.3 Å². The summed E-state index contributed by atoms with van der Waals surface area (Å²) in [5.41, 5.74) is 2.08. The summed E-state index contributed by atoms with van der Waals surface area (Å²) >= 11 is 5.93. The number of methoxy groups -OCH3 is 1. The van der Waals surface area contributed by atoms with Crippen LogP contribution in [0.2, 0.25) is 5.02 Å². The summed E-state index contributed by atoms with van der Waals surface area (Å²) in [5, 5.41) is 22.3. The van der Waals surface area contributed by atoms with Crippen LogP contribution in [0.3, 0.4) is 0 Å². The lowest BCUT2D eigenvalue weighted by molar-refractivity contribution is -0.144. The van der Waals surface area contributed by atoms with Crippen LogP contribution in [0.1, 0.15) is 28.5 Å². The van der Waals surface area contributed by atoms with Gasteiger partial charge in [0.2, 0.25) is 5.91 Å². The van der Waals surface area contributed by atoms with E-state index in [0.717, 1.165) is 0 Å². The number of rotatable bonds is 7. The van der Waals surface area contributed by atoms with Crippen molar-refractivity contribution in [2.75, 3.05) is 7.11 Å². The normalized spacial score (nSPS) is 12.9. The number of aliphatic carboxylic acids is 1. The molecule has 0 radical (unpaired) electrons. The topological polar surface area (TPSA) is 118 Å². The Hall–Kier alpha value is -3.36. The molecule has 8 nitrogen and oxygen atoms in total. The molecule has 0 spiro atoms. The first-order chi connectivity index (χ1) is 15.1. The minimum absolute atomic E-state index is 0.188. The number of nitrogens with zero attached hydrogens (tertiary/aromatic N) is 1. The third-order valence-electron chi connectivity index (χ3n) is 5.24. The fraction of sp³-hybridized carbons (Fsp3) is 0.261. The summed E-state index contributed by atoms with van der Waals surface area (Å²) in [5.74, 6) is -1.69. The highest BCUT2D eigenvalue weighted by molar-refractivity contribution is 6.30. The molecule has 9 heteroatoms. The van der Waals surface area contributed by atoms with Gasteiger partial charge in [-0.1, -0.05) is 11.6 Å². The molecule has 1 aromatic heterocycles. The van der Waals surface area contributed by atoms with Gasteiger partial charge in [-0.3, -0.25) is 14.2 Å². The lowest BCUT2D eigenvalue weighted by Crippen LogP contribution is -2.48. The molecule has 0 bridgehead atoms. The van der Waals surface area contributed by atoms with E-state index in [1.54, 1.807) is 49.4 Å². The van der Waals surface area contributed by atoms with Gasteiger partial charge >= 0.3 is 5.97 Å². The van der Waals surface area contributed by atoms with Gasteiger partial charge in [0, 0.05) is 21.7 Å². The fourth-order valence-corrected chi connectivity index (χ4v) is 3.70. The van der Waals surface area contributed by atoms with Crippen molar-refractivity contribution in [2.24, 2.45) is 0 Å². The van der Waals surface area contributed by atoms with Gasteiger partial charge in [0.25, 0.3) is 5.91 Å². The van der Waals surface area contributed by atoms with E-state index in [2.05, 4.69) is 5.32 Å². The third-order valence-corrected chi connectivity index (χ3v) is 5.49. The summed E-state index contributed by atoms with van der Waals surface area (Å²) in [7, 11) is 1.51. The molecule has 0 saturated heterocycles. The molecule has 2 aromatic carbocycles. The van der Waals surface area contributed by atoms with Crippen LogP contribution in [0, 0.1) is 6.92 Å². The highest BCUT2D eigenvalue weighted by Crippen LogP contribution is 2.31. The molecule has 1 heterocycles. The summed E-state index contributed by atoms with van der Waals surface area (Å²) in [6.45, 7) is 3.00. The zero-order valence-corrected chi connectivity index (χ0v) is 18.5. The number of carbonyl (C=O) groups is 3. The van der Waals surface area contributed by atoms with Crippen LogP contribution < -0.4 is 10.1 Å². The monoisotopic (exact) mass is 458 g/mol. The van der Waals surface area contributed by atoms with Crippen molar-refractivity contribution in [3.63, 3.8) is 0 Å². The molecule has 0 fully saturated rings. The maximum absolute atomic E-state index is 13.3. The van der Waals surface area contributed by atoms with Crippen LogP contribution in [-0.2, 0) is 16.0 Å². The Morgan fingerprint density at radius 3 is 2.38 bits per heavy atom. The largest absolute Gasteiger partial charge is 0.497 e. The van der Waals surface area contributed by atoms with E-state index in [9.17, 15) is 24.6 Å². The quantitative estimate of drug-likeness (QED) is 0.501. The molecule has 2 atom stereocenters. The Kier molecular flexibility index (Phi) is 6.86. The zero-order valence-electron chi connectivity index (χ0n) is 17.8. The maximum Gasteiger partial charge on any atom is 0.328 e. The minimum atomic E-state index is -1.44. The summed E-state index contributed by atoms with van der Waals surface area (Å²) in [6.07, 6.45) is -1.46. The predicted octanol–water partition coefficient (Wildman–Crippen LogP) is 2.79. The highest BCUT2D eigenvalue weighted by Gasteiger charge is 2.27. The number of hydrogen-bond donors (Lipinski definition) is 3. The number of carboxylic acids is 1. The summed E-state index contributed by atoms with van der Waals surface area (Å²) < 4.78 is 6.80. The zero-order chi connectivity index (χ0) is 23.6. The smallest absolute Gasteiger partial charge is 0.328 e. The van der Waals surface area contributed by atoms with Gasteiger partial charge in [-0.05, 0) is 61.9 Å². The van der Waals surface area contributed by atoms with Gasteiger partial charge in [0.1, 0.15) is 5.75 Å². The van der Waals surface area contributed by atoms with Crippen LogP contribution in [0.4, 0.5) is 0 Å². The molecule has 0 aliphatic rings. The SMILES string of the molecule is COc1ccc2c(c1)c(CC(=O)N[C@H](C(=O)O)C(C)O)c(C)n2C(=O)c1ccc(Cl)cc1. The average Bonchev–Trinajstić information content (AvgIpc) is 3.02. The molecule has 3 aromatic rings. The lowest BCUT2D eigenvalue weighted by Gasteiger charge is -2.17. The van der Waals surface area contributed by atoms with Crippen LogP contribution in [-0.4, -0.2) is 51.8 Å². The Balaban J connectivity index is 2.07. The number of carboxylic acid groups (broad SMARTS) is 1. The summed E-state index contributed by atoms with van der Waals surface area (Å²) in [6, 6.07) is 10.2. The summed E-state index contributed by atoms with van der Waals surface area (Å²) in [4.78, 5) is 37.2. The van der Waals surface area contributed by atoms with Crippen LogP contribution in [0.5, 0.6) is 5.75 Å². The van der Waals surface area contributed by atoms with E-state index in [4.69, 9.17) is 16.3 Å². The molecule has 1 amide bonds. The van der Waals surface area contributed by atoms with Gasteiger partial charge in [0.15, 0.2) is 6.04 Å². The number of benzene rings is 2. The highest BCUT2D eigenvalue weighted by atomic mass is 35.5. The molecule has 0 aliphatic carbocycles. The average molecular weight is 459 g/mol. The van der Waals surface area contributed by atoms with Gasteiger partial charge < -0.3 is 20.3 Å². The lowest BCUT2D eigenvalue weighted by atomic mass is 10.1. The minimum Gasteiger partial charge on any atom is -0.497 e. The Morgan fingerprint density at radius 1 is 1.16 bits per heavy atom. The Labute approximate surface area is 189 Å². The van der Waals surface area contributed by atoms with E-state index in [0.29, 0.717) is 38.5 Å². The molecule has 3 N–H and O–H groups in total. The second kappa shape index (κ2) is 9.42. The number of nitrogens with one attached hydrogen (secondary N) is 1. The van der Waals surface area contributed by atoms with Gasteiger partial charge in [-0.15, -0.1) is 0 Å². The number of aliphatic hydroxyl groups is 1. The molecule has 3 rings (SSSR count). The number of aromatic nitrogens is 1. The van der Waals surface area contributed by atoms with E-state index >= 15 is 0 Å². The third kappa shape index (κ3) is 4.61. The number of carbonyl (C=O) groups excluding carboxylic acids is 2. The first-order valence-electron chi connectivity index (χ1n) is 9.82. The van der Waals surface area contributed by atoms with Crippen LogP contribution in [0.15, 0.2) is 42.5 Å². The first-order valence-corrected chi connectivity index (χ1v) is 10.2. The van der Waals surface area contributed by atoms with Crippen LogP contribution in [0.25, 0.3) is 10.9 Å². The second-order valence-electron chi connectivity index (χ2n) is 7.40. The number of amides is 1. The number of hydrogen-bond acceptors (Lipinski definition) is 5. The number of aliphatic hydroxyl groups excluding tert-OH is 1. The standard InChI is InChI=1S/C23H23ClN2O6/c1-12-17(11-20(28)25-21(13(2)27)23(30)31)18-10-16(32-3)8-9-19(18)26(12)22(29)14-4-6-15(24)7-5-14/h4-10,13,21,27H,11H2,1-3H3,(H,25,28)(H,30,31)/t13?,21-/m0/s1. The van der Waals surface area contributed by atoms with Gasteiger partial charge in [0.05, 0.1) is 25.2 Å². The molecular weight excluding hydrogens is 436 g/mol. The molecular formula is C23H23ClN2O6. The van der Waals surface area contributed by atoms with Gasteiger partial charge in [-0.25, -0.2) is 4.79 Å². The molecule has 168 valence electrons. The van der Waals surface area contributed by atoms with Crippen molar-refractivity contribution >= 4 is 40.3 Å². The molecule has 32 heavy (non-hydrogen) atoms. The number of ether oxygens (including phenoxy) is 1. The first kappa shape index (κ1) is 23.3.